The van der Waals surface area contributed by atoms with Crippen LogP contribution in [0.2, 0.25) is 0 Å². The van der Waals surface area contributed by atoms with Crippen molar-refractivity contribution in [2.24, 2.45) is 33.1 Å². The van der Waals surface area contributed by atoms with Gasteiger partial charge in [-0.15, -0.1) is 0 Å². The van der Waals surface area contributed by atoms with Gasteiger partial charge in [-0.3, -0.25) is 9.59 Å². The molecule has 0 aromatic heterocycles. The molecule has 0 aliphatic carbocycles. The van der Waals surface area contributed by atoms with Crippen molar-refractivity contribution in [3.63, 3.8) is 0 Å². The lowest BCUT2D eigenvalue weighted by Gasteiger charge is -2.38. The molecule has 0 bridgehead atoms. The molecule has 0 aromatic carbocycles. The SMILES string of the molecule is CCC(C)(C)CC(C)(CCCC(C)(C)CC(C)(C)C(N)=O)C(=O)NCC(C)OC(N)=O. The largest absolute Gasteiger partial charge is 0.445 e. The summed E-state index contributed by atoms with van der Waals surface area (Å²) >= 11 is 0. The van der Waals surface area contributed by atoms with E-state index in [1.165, 1.54) is 0 Å². The van der Waals surface area contributed by atoms with Gasteiger partial charge in [0.2, 0.25) is 11.8 Å². The fourth-order valence-electron chi connectivity index (χ4n) is 4.48. The van der Waals surface area contributed by atoms with Crippen molar-refractivity contribution in [2.75, 3.05) is 6.54 Å². The lowest BCUT2D eigenvalue weighted by Crippen LogP contribution is -2.44. The summed E-state index contributed by atoms with van der Waals surface area (Å²) in [6, 6.07) is 0. The molecule has 7 nitrogen and oxygen atoms in total. The fourth-order valence-corrected chi connectivity index (χ4v) is 4.48. The lowest BCUT2D eigenvalue weighted by atomic mass is 9.67. The molecule has 0 aromatic rings. The molecule has 0 aliphatic heterocycles. The second-order valence-electron chi connectivity index (χ2n) is 11.7. The van der Waals surface area contributed by atoms with Gasteiger partial charge in [0.1, 0.15) is 6.10 Å². The zero-order valence-corrected chi connectivity index (χ0v) is 21.3. The van der Waals surface area contributed by atoms with Crippen LogP contribution in [-0.2, 0) is 14.3 Å². The number of ether oxygens (including phenoxy) is 1. The third-order valence-corrected chi connectivity index (χ3v) is 6.41. The molecule has 5 N–H and O–H groups in total. The molecule has 3 amide bonds. The summed E-state index contributed by atoms with van der Waals surface area (Å²) in [5.74, 6) is -0.328. The Hall–Kier alpha value is -1.79. The van der Waals surface area contributed by atoms with E-state index < -0.39 is 23.0 Å². The fraction of sp³-hybridized carbons (Fsp3) is 0.875. The van der Waals surface area contributed by atoms with Crippen molar-refractivity contribution in [1.82, 2.24) is 5.32 Å². The van der Waals surface area contributed by atoms with Crippen LogP contribution in [0, 0.1) is 21.7 Å². The molecule has 0 spiro atoms. The van der Waals surface area contributed by atoms with Gasteiger partial charge < -0.3 is 21.5 Å². The highest BCUT2D eigenvalue weighted by atomic mass is 16.6. The van der Waals surface area contributed by atoms with Crippen LogP contribution in [0.5, 0.6) is 0 Å². The molecule has 0 aliphatic rings. The summed E-state index contributed by atoms with van der Waals surface area (Å²) in [7, 11) is 0. The molecule has 7 heteroatoms. The maximum Gasteiger partial charge on any atom is 0.404 e. The minimum Gasteiger partial charge on any atom is -0.445 e. The number of hydrogen-bond acceptors (Lipinski definition) is 4. The van der Waals surface area contributed by atoms with E-state index in [0.717, 1.165) is 32.1 Å². The van der Waals surface area contributed by atoms with Crippen LogP contribution >= 0.6 is 0 Å². The predicted molar refractivity (Wildman–Crippen MR) is 125 cm³/mol. The third kappa shape index (κ3) is 10.9. The highest BCUT2D eigenvalue weighted by molar-refractivity contribution is 5.82. The summed E-state index contributed by atoms with van der Waals surface area (Å²) in [6.45, 7) is 18.5. The monoisotopic (exact) mass is 441 g/mol. The lowest BCUT2D eigenvalue weighted by molar-refractivity contribution is -0.133. The Kier molecular flexibility index (Phi) is 10.5. The summed E-state index contributed by atoms with van der Waals surface area (Å²) in [5, 5.41) is 2.94. The van der Waals surface area contributed by atoms with Crippen molar-refractivity contribution in [2.45, 2.75) is 107 Å². The van der Waals surface area contributed by atoms with Crippen LogP contribution in [0.3, 0.4) is 0 Å². The van der Waals surface area contributed by atoms with Crippen molar-refractivity contribution in [3.8, 4) is 0 Å². The smallest absolute Gasteiger partial charge is 0.404 e. The third-order valence-electron chi connectivity index (χ3n) is 6.41. The summed E-state index contributed by atoms with van der Waals surface area (Å²) in [6.07, 6.45) is 3.56. The second-order valence-corrected chi connectivity index (χ2v) is 11.7. The molecule has 0 radical (unpaired) electrons. The van der Waals surface area contributed by atoms with Crippen LogP contribution in [0.15, 0.2) is 0 Å². The Morgan fingerprint density at radius 1 is 0.903 bits per heavy atom. The van der Waals surface area contributed by atoms with E-state index in [0.29, 0.717) is 6.42 Å². The van der Waals surface area contributed by atoms with Gasteiger partial charge >= 0.3 is 6.09 Å². The maximum absolute atomic E-state index is 13.2. The molecular formula is C24H47N3O4. The molecule has 0 saturated carbocycles. The second kappa shape index (κ2) is 11.2. The van der Waals surface area contributed by atoms with E-state index in [-0.39, 0.29) is 29.2 Å². The van der Waals surface area contributed by atoms with Crippen molar-refractivity contribution in [1.29, 1.82) is 0 Å². The number of nitrogens with one attached hydrogen (secondary N) is 1. The van der Waals surface area contributed by atoms with Gasteiger partial charge in [0, 0.05) is 10.8 Å². The van der Waals surface area contributed by atoms with Crippen LogP contribution in [0.1, 0.15) is 101 Å². The molecule has 2 atom stereocenters. The number of hydrogen-bond donors (Lipinski definition) is 3. The van der Waals surface area contributed by atoms with Crippen molar-refractivity contribution < 1.29 is 19.1 Å². The number of carbonyl (C=O) groups excluding carboxylic acids is 3. The van der Waals surface area contributed by atoms with E-state index >= 15 is 0 Å². The number of amides is 3. The van der Waals surface area contributed by atoms with Gasteiger partial charge in [0.15, 0.2) is 0 Å². The van der Waals surface area contributed by atoms with Crippen molar-refractivity contribution in [3.05, 3.63) is 0 Å². The highest BCUT2D eigenvalue weighted by Gasteiger charge is 2.39. The first-order chi connectivity index (χ1) is 13.9. The Bertz CT molecular complexity index is 628. The molecule has 182 valence electrons. The standard InChI is InChI=1S/C24H47N3O4/c1-10-21(3,4)16-24(9,19(29)27-14-17(2)31-20(26)30)13-11-12-22(5,6)15-23(7,8)18(25)28/h17H,10-16H2,1-9H3,(H2,25,28)(H2,26,30)(H,27,29). The molecule has 31 heavy (non-hydrogen) atoms. The number of primary amides is 2. The molecule has 0 saturated heterocycles. The number of nitrogens with two attached hydrogens (primary N) is 2. The molecule has 0 fully saturated rings. The van der Waals surface area contributed by atoms with Gasteiger partial charge in [-0.1, -0.05) is 68.2 Å². The zero-order valence-electron chi connectivity index (χ0n) is 21.3. The Morgan fingerprint density at radius 2 is 1.45 bits per heavy atom. The highest BCUT2D eigenvalue weighted by Crippen LogP contribution is 2.42. The minimum atomic E-state index is -0.849. The average Bonchev–Trinajstić information content (AvgIpc) is 2.57. The van der Waals surface area contributed by atoms with Gasteiger partial charge in [-0.25, -0.2) is 4.79 Å². The van der Waals surface area contributed by atoms with E-state index in [9.17, 15) is 14.4 Å². The normalized spacial score (nSPS) is 15.6. The van der Waals surface area contributed by atoms with E-state index in [2.05, 4.69) is 39.9 Å². The molecule has 2 unspecified atom stereocenters. The van der Waals surface area contributed by atoms with Gasteiger partial charge in [0.05, 0.1) is 6.54 Å². The van der Waals surface area contributed by atoms with E-state index in [1.54, 1.807) is 6.92 Å². The molecule has 0 rings (SSSR count). The van der Waals surface area contributed by atoms with Gasteiger partial charge in [-0.2, -0.15) is 0 Å². The summed E-state index contributed by atoms with van der Waals surface area (Å²) in [4.78, 5) is 35.8. The Balaban J connectivity index is 5.22. The van der Waals surface area contributed by atoms with Crippen LogP contribution in [-0.4, -0.2) is 30.6 Å². The number of carbonyl (C=O) groups is 3. The summed E-state index contributed by atoms with van der Waals surface area (Å²) in [5.41, 5.74) is 9.44. The zero-order chi connectivity index (χ0) is 24.7. The topological polar surface area (TPSA) is 125 Å². The van der Waals surface area contributed by atoms with Gasteiger partial charge in [-0.05, 0) is 43.4 Å². The Labute approximate surface area is 189 Å². The van der Waals surface area contributed by atoms with E-state index in [1.807, 2.05) is 20.8 Å². The van der Waals surface area contributed by atoms with Crippen LogP contribution in [0.25, 0.3) is 0 Å². The summed E-state index contributed by atoms with van der Waals surface area (Å²) < 4.78 is 4.91. The number of rotatable bonds is 14. The maximum atomic E-state index is 13.2. The van der Waals surface area contributed by atoms with E-state index in [4.69, 9.17) is 16.2 Å². The van der Waals surface area contributed by atoms with Crippen LogP contribution in [0.4, 0.5) is 4.79 Å². The predicted octanol–water partition coefficient (Wildman–Crippen LogP) is 4.52. The average molecular weight is 442 g/mol. The molecule has 0 heterocycles. The first-order valence-corrected chi connectivity index (χ1v) is 11.4. The first kappa shape index (κ1) is 29.2. The van der Waals surface area contributed by atoms with Crippen molar-refractivity contribution >= 4 is 17.9 Å². The Morgan fingerprint density at radius 3 is 1.90 bits per heavy atom. The first-order valence-electron chi connectivity index (χ1n) is 11.4. The van der Waals surface area contributed by atoms with Crippen LogP contribution < -0.4 is 16.8 Å². The van der Waals surface area contributed by atoms with Gasteiger partial charge in [0.25, 0.3) is 0 Å². The minimum absolute atomic E-state index is 0.0188. The molecular weight excluding hydrogens is 394 g/mol. The quantitative estimate of drug-likeness (QED) is 0.366.